The summed E-state index contributed by atoms with van der Waals surface area (Å²) in [4.78, 5) is 7.38. The van der Waals surface area contributed by atoms with Gasteiger partial charge in [0.05, 0.1) is 0 Å². The van der Waals surface area contributed by atoms with Crippen molar-refractivity contribution in [2.75, 3.05) is 19.0 Å². The molecule has 0 aliphatic carbocycles. The Hall–Kier alpha value is -0.870. The fourth-order valence-corrected chi connectivity index (χ4v) is 1.56. The summed E-state index contributed by atoms with van der Waals surface area (Å²) in [6.45, 7) is 1.95. The molecule has 2 N–H and O–H groups in total. The first-order chi connectivity index (χ1) is 6.09. The number of aromatic nitrogens is 1. The summed E-state index contributed by atoms with van der Waals surface area (Å²) in [7, 11) is 3.97. The highest BCUT2D eigenvalue weighted by molar-refractivity contribution is 7.16. The van der Waals surface area contributed by atoms with Gasteiger partial charge in [-0.25, -0.2) is 4.98 Å². The number of nitrogens with two attached hydrogens (primary N) is 1. The van der Waals surface area contributed by atoms with Crippen LogP contribution in [0.25, 0.3) is 6.08 Å². The maximum atomic E-state index is 5.59. The van der Waals surface area contributed by atoms with Crippen molar-refractivity contribution in [2.45, 2.75) is 13.0 Å². The molecule has 0 spiro atoms. The molecule has 0 aliphatic rings. The summed E-state index contributed by atoms with van der Waals surface area (Å²) < 4.78 is 0. The summed E-state index contributed by atoms with van der Waals surface area (Å²) in [5, 5.41) is 1.02. The second-order valence-corrected chi connectivity index (χ2v) is 4.20. The van der Waals surface area contributed by atoms with Crippen molar-refractivity contribution in [2.24, 2.45) is 5.73 Å². The van der Waals surface area contributed by atoms with Crippen LogP contribution in [0.4, 0.5) is 5.13 Å². The molecule has 0 saturated heterocycles. The van der Waals surface area contributed by atoms with Gasteiger partial charge in [0.15, 0.2) is 5.13 Å². The van der Waals surface area contributed by atoms with Crippen molar-refractivity contribution in [3.63, 3.8) is 0 Å². The molecule has 4 heteroatoms. The average molecular weight is 197 g/mol. The van der Waals surface area contributed by atoms with Crippen LogP contribution < -0.4 is 10.6 Å². The lowest BCUT2D eigenvalue weighted by Gasteiger charge is -2.04. The van der Waals surface area contributed by atoms with Gasteiger partial charge in [-0.15, -0.1) is 0 Å². The maximum Gasteiger partial charge on any atom is 0.185 e. The highest BCUT2D eigenvalue weighted by Gasteiger charge is 2.00. The van der Waals surface area contributed by atoms with E-state index < -0.39 is 0 Å². The zero-order valence-electron chi connectivity index (χ0n) is 8.19. The van der Waals surface area contributed by atoms with Crippen molar-refractivity contribution in [3.05, 3.63) is 17.2 Å². The molecule has 1 unspecified atom stereocenters. The fourth-order valence-electron chi connectivity index (χ4n) is 0.807. The lowest BCUT2D eigenvalue weighted by molar-refractivity contribution is 0.931. The summed E-state index contributed by atoms with van der Waals surface area (Å²) in [6.07, 6.45) is 5.83. The number of hydrogen-bond acceptors (Lipinski definition) is 4. The van der Waals surface area contributed by atoms with Gasteiger partial charge in [-0.05, 0) is 13.0 Å². The third kappa shape index (κ3) is 3.16. The van der Waals surface area contributed by atoms with Crippen molar-refractivity contribution >= 4 is 22.5 Å². The van der Waals surface area contributed by atoms with Gasteiger partial charge in [0.2, 0.25) is 0 Å². The highest BCUT2D eigenvalue weighted by Crippen LogP contribution is 2.21. The van der Waals surface area contributed by atoms with Crippen LogP contribution in [0.15, 0.2) is 12.3 Å². The van der Waals surface area contributed by atoms with E-state index in [1.807, 2.05) is 44.3 Å². The van der Waals surface area contributed by atoms with Crippen LogP contribution in [0.2, 0.25) is 0 Å². The number of rotatable bonds is 3. The molecule has 0 radical (unpaired) electrons. The summed E-state index contributed by atoms with van der Waals surface area (Å²) in [6, 6.07) is 0.102. The molecule has 0 fully saturated rings. The largest absolute Gasteiger partial charge is 0.354 e. The SMILES string of the molecule is CC(N)/C=C/c1cnc(N(C)C)s1. The minimum atomic E-state index is 0.102. The Labute approximate surface area is 82.9 Å². The predicted octanol–water partition coefficient (Wildman–Crippen LogP) is 1.57. The first-order valence-corrected chi connectivity index (χ1v) is 4.98. The Balaban J connectivity index is 2.69. The molecule has 13 heavy (non-hydrogen) atoms. The quantitative estimate of drug-likeness (QED) is 0.799. The average Bonchev–Trinajstić information content (AvgIpc) is 2.48. The molecular weight excluding hydrogens is 182 g/mol. The van der Waals surface area contributed by atoms with Crippen LogP contribution in [0.3, 0.4) is 0 Å². The van der Waals surface area contributed by atoms with Gasteiger partial charge >= 0.3 is 0 Å². The van der Waals surface area contributed by atoms with Crippen molar-refractivity contribution in [3.8, 4) is 0 Å². The van der Waals surface area contributed by atoms with Crippen molar-refractivity contribution < 1.29 is 0 Å². The molecule has 3 nitrogen and oxygen atoms in total. The van der Waals surface area contributed by atoms with Crippen LogP contribution in [0.5, 0.6) is 0 Å². The Morgan fingerprint density at radius 2 is 2.31 bits per heavy atom. The summed E-state index contributed by atoms with van der Waals surface area (Å²) in [5.74, 6) is 0. The van der Waals surface area contributed by atoms with Gasteiger partial charge in [0.1, 0.15) is 0 Å². The first-order valence-electron chi connectivity index (χ1n) is 4.16. The van der Waals surface area contributed by atoms with Crippen LogP contribution >= 0.6 is 11.3 Å². The number of nitrogens with zero attached hydrogens (tertiary/aromatic N) is 2. The lowest BCUT2D eigenvalue weighted by atomic mass is 10.3. The summed E-state index contributed by atoms with van der Waals surface area (Å²) >= 11 is 1.66. The minimum Gasteiger partial charge on any atom is -0.354 e. The first kappa shape index (κ1) is 10.2. The van der Waals surface area contributed by atoms with Crippen LogP contribution in [0, 0.1) is 0 Å². The molecule has 72 valence electrons. The van der Waals surface area contributed by atoms with Gasteiger partial charge in [-0.2, -0.15) is 0 Å². The molecular formula is C9H15N3S. The van der Waals surface area contributed by atoms with E-state index in [9.17, 15) is 0 Å². The van der Waals surface area contributed by atoms with Gasteiger partial charge < -0.3 is 10.6 Å². The standard InChI is InChI=1S/C9H15N3S/c1-7(10)4-5-8-6-11-9(13-8)12(2)3/h4-7H,10H2,1-3H3/b5-4+. The number of hydrogen-bond donors (Lipinski definition) is 1. The topological polar surface area (TPSA) is 42.1 Å². The minimum absolute atomic E-state index is 0.102. The zero-order chi connectivity index (χ0) is 9.84. The molecule has 1 aromatic heterocycles. The monoisotopic (exact) mass is 197 g/mol. The predicted molar refractivity (Wildman–Crippen MR) is 59.1 cm³/mol. The molecule has 0 aliphatic heterocycles. The molecule has 0 amide bonds. The van der Waals surface area contributed by atoms with Crippen LogP contribution in [-0.2, 0) is 0 Å². The van der Waals surface area contributed by atoms with E-state index in [1.54, 1.807) is 11.3 Å². The fraction of sp³-hybridized carbons (Fsp3) is 0.444. The molecule has 0 aromatic carbocycles. The Bertz CT molecular complexity index is 289. The lowest BCUT2D eigenvalue weighted by Crippen LogP contribution is -2.09. The third-order valence-electron chi connectivity index (χ3n) is 1.46. The van der Waals surface area contributed by atoms with E-state index >= 15 is 0 Å². The molecule has 0 bridgehead atoms. The zero-order valence-corrected chi connectivity index (χ0v) is 9.01. The van der Waals surface area contributed by atoms with Crippen LogP contribution in [0.1, 0.15) is 11.8 Å². The molecule has 1 atom stereocenters. The second kappa shape index (κ2) is 4.39. The highest BCUT2D eigenvalue weighted by atomic mass is 32.1. The Morgan fingerprint density at radius 1 is 1.62 bits per heavy atom. The van der Waals surface area contributed by atoms with Crippen LogP contribution in [-0.4, -0.2) is 25.1 Å². The normalized spacial score (nSPS) is 13.5. The van der Waals surface area contributed by atoms with E-state index in [4.69, 9.17) is 5.73 Å². The van der Waals surface area contributed by atoms with E-state index in [0.29, 0.717) is 0 Å². The Kier molecular flexibility index (Phi) is 3.45. The van der Waals surface area contributed by atoms with Gasteiger partial charge in [-0.3, -0.25) is 0 Å². The molecule has 1 aromatic rings. The molecule has 1 heterocycles. The third-order valence-corrected chi connectivity index (χ3v) is 2.59. The van der Waals surface area contributed by atoms with Crippen molar-refractivity contribution in [1.82, 2.24) is 4.98 Å². The van der Waals surface area contributed by atoms with Gasteiger partial charge in [0.25, 0.3) is 0 Å². The Morgan fingerprint density at radius 3 is 2.77 bits per heavy atom. The van der Waals surface area contributed by atoms with E-state index in [-0.39, 0.29) is 6.04 Å². The van der Waals surface area contributed by atoms with Gasteiger partial charge in [-0.1, -0.05) is 17.4 Å². The smallest absolute Gasteiger partial charge is 0.185 e. The van der Waals surface area contributed by atoms with Gasteiger partial charge in [0, 0.05) is 31.2 Å². The van der Waals surface area contributed by atoms with E-state index in [0.717, 1.165) is 10.0 Å². The molecule has 0 saturated carbocycles. The second-order valence-electron chi connectivity index (χ2n) is 3.16. The van der Waals surface area contributed by atoms with E-state index in [1.165, 1.54) is 0 Å². The number of anilines is 1. The number of thiazole rings is 1. The maximum absolute atomic E-state index is 5.59. The van der Waals surface area contributed by atoms with E-state index in [2.05, 4.69) is 4.98 Å². The molecule has 1 rings (SSSR count). The summed E-state index contributed by atoms with van der Waals surface area (Å²) in [5.41, 5.74) is 5.59. The van der Waals surface area contributed by atoms with Crippen molar-refractivity contribution in [1.29, 1.82) is 0 Å².